The highest BCUT2D eigenvalue weighted by molar-refractivity contribution is 7.12. The predicted octanol–water partition coefficient (Wildman–Crippen LogP) is 3.72. The molecule has 0 N–H and O–H groups in total. The SMILES string of the molecule is COCCN(CC(=O)N(CCc1ccc(OC)c(OC)c1)Cc1ccco1)C(=O)c1cccs1. The predicted molar refractivity (Wildman–Crippen MR) is 129 cm³/mol. The maximum Gasteiger partial charge on any atom is 0.264 e. The minimum atomic E-state index is -0.182. The smallest absolute Gasteiger partial charge is 0.264 e. The van der Waals surface area contributed by atoms with Crippen LogP contribution in [-0.2, 0) is 22.5 Å². The number of benzene rings is 1. The molecule has 8 nitrogen and oxygen atoms in total. The Morgan fingerprint density at radius 3 is 2.44 bits per heavy atom. The molecule has 0 aliphatic carbocycles. The molecule has 0 spiro atoms. The van der Waals surface area contributed by atoms with Crippen molar-refractivity contribution in [3.8, 4) is 11.5 Å². The zero-order valence-corrected chi connectivity index (χ0v) is 20.5. The normalized spacial score (nSPS) is 10.7. The van der Waals surface area contributed by atoms with Gasteiger partial charge in [-0.15, -0.1) is 11.3 Å². The van der Waals surface area contributed by atoms with Gasteiger partial charge in [0.1, 0.15) is 12.3 Å². The van der Waals surface area contributed by atoms with E-state index < -0.39 is 0 Å². The quantitative estimate of drug-likeness (QED) is 0.366. The summed E-state index contributed by atoms with van der Waals surface area (Å²) in [6.45, 7) is 1.37. The Morgan fingerprint density at radius 2 is 1.79 bits per heavy atom. The van der Waals surface area contributed by atoms with Gasteiger partial charge in [0.2, 0.25) is 5.91 Å². The number of carbonyl (C=O) groups is 2. The molecule has 0 atom stereocenters. The van der Waals surface area contributed by atoms with Gasteiger partial charge in [-0.2, -0.15) is 0 Å². The zero-order chi connectivity index (χ0) is 24.3. The van der Waals surface area contributed by atoms with E-state index >= 15 is 0 Å². The lowest BCUT2D eigenvalue weighted by atomic mass is 10.1. The van der Waals surface area contributed by atoms with E-state index in [0.29, 0.717) is 54.8 Å². The molecule has 9 heteroatoms. The number of methoxy groups -OCH3 is 3. The fraction of sp³-hybridized carbons (Fsp3) is 0.360. The summed E-state index contributed by atoms with van der Waals surface area (Å²) in [4.78, 5) is 30.2. The van der Waals surface area contributed by atoms with Gasteiger partial charge in [0.05, 0.1) is 38.5 Å². The standard InChI is InChI=1S/C25H30N2O6S/c1-30-14-12-27(25(29)23-7-5-15-34-23)18-24(28)26(17-20-6-4-13-33-20)11-10-19-8-9-21(31-2)22(16-19)32-3/h4-9,13,15-16H,10-12,14,17-18H2,1-3H3. The first-order chi connectivity index (χ1) is 16.5. The molecule has 182 valence electrons. The minimum Gasteiger partial charge on any atom is -0.493 e. The lowest BCUT2D eigenvalue weighted by molar-refractivity contribution is -0.132. The summed E-state index contributed by atoms with van der Waals surface area (Å²) >= 11 is 1.35. The average Bonchev–Trinajstić information content (AvgIpc) is 3.58. The molecular weight excluding hydrogens is 456 g/mol. The average molecular weight is 487 g/mol. The van der Waals surface area contributed by atoms with Gasteiger partial charge in [-0.3, -0.25) is 9.59 Å². The number of hydrogen-bond acceptors (Lipinski definition) is 7. The van der Waals surface area contributed by atoms with Gasteiger partial charge in [-0.25, -0.2) is 0 Å². The number of carbonyl (C=O) groups excluding carboxylic acids is 2. The molecule has 1 aromatic carbocycles. The van der Waals surface area contributed by atoms with E-state index in [9.17, 15) is 9.59 Å². The maximum absolute atomic E-state index is 13.4. The van der Waals surface area contributed by atoms with Crippen LogP contribution >= 0.6 is 11.3 Å². The zero-order valence-electron chi connectivity index (χ0n) is 19.7. The van der Waals surface area contributed by atoms with Gasteiger partial charge in [0.15, 0.2) is 11.5 Å². The lowest BCUT2D eigenvalue weighted by Gasteiger charge is -2.27. The van der Waals surface area contributed by atoms with E-state index in [4.69, 9.17) is 18.6 Å². The van der Waals surface area contributed by atoms with E-state index in [-0.39, 0.29) is 18.4 Å². The lowest BCUT2D eigenvalue weighted by Crippen LogP contribution is -2.44. The number of amides is 2. The molecule has 0 fully saturated rings. The maximum atomic E-state index is 13.4. The van der Waals surface area contributed by atoms with Crippen LogP contribution < -0.4 is 9.47 Å². The second-order valence-corrected chi connectivity index (χ2v) is 8.48. The summed E-state index contributed by atoms with van der Waals surface area (Å²) in [5, 5.41) is 1.84. The Bertz CT molecular complexity index is 1040. The van der Waals surface area contributed by atoms with Gasteiger partial charge in [0.25, 0.3) is 5.91 Å². The monoisotopic (exact) mass is 486 g/mol. The van der Waals surface area contributed by atoms with Crippen LogP contribution in [0, 0.1) is 0 Å². The molecular formula is C25H30N2O6S. The topological polar surface area (TPSA) is 81.5 Å². The molecule has 0 bridgehead atoms. The third-order valence-corrected chi connectivity index (χ3v) is 6.17. The van der Waals surface area contributed by atoms with Crippen molar-refractivity contribution in [1.29, 1.82) is 0 Å². The van der Waals surface area contributed by atoms with Crippen LogP contribution in [0.25, 0.3) is 0 Å². The van der Waals surface area contributed by atoms with E-state index in [0.717, 1.165) is 5.56 Å². The number of hydrogen-bond donors (Lipinski definition) is 0. The first-order valence-electron chi connectivity index (χ1n) is 10.9. The second kappa shape index (κ2) is 12.8. The van der Waals surface area contributed by atoms with E-state index in [1.54, 1.807) is 44.6 Å². The Kier molecular flexibility index (Phi) is 9.54. The van der Waals surface area contributed by atoms with Crippen LogP contribution in [0.5, 0.6) is 11.5 Å². The molecule has 0 radical (unpaired) electrons. The van der Waals surface area contributed by atoms with Crippen molar-refractivity contribution in [3.63, 3.8) is 0 Å². The molecule has 0 saturated carbocycles. The molecule has 2 amide bonds. The fourth-order valence-electron chi connectivity index (χ4n) is 3.46. The molecule has 2 aromatic heterocycles. The summed E-state index contributed by atoms with van der Waals surface area (Å²) in [5.41, 5.74) is 1.00. The van der Waals surface area contributed by atoms with Gasteiger partial charge >= 0.3 is 0 Å². The number of ether oxygens (including phenoxy) is 3. The van der Waals surface area contributed by atoms with Crippen LogP contribution in [0.4, 0.5) is 0 Å². The van der Waals surface area contributed by atoms with Gasteiger partial charge in [-0.05, 0) is 47.7 Å². The van der Waals surface area contributed by atoms with Crippen LogP contribution in [0.2, 0.25) is 0 Å². The summed E-state index contributed by atoms with van der Waals surface area (Å²) in [5.74, 6) is 1.61. The third-order valence-electron chi connectivity index (χ3n) is 5.31. The highest BCUT2D eigenvalue weighted by Gasteiger charge is 2.23. The molecule has 34 heavy (non-hydrogen) atoms. The molecule has 3 rings (SSSR count). The van der Waals surface area contributed by atoms with Crippen LogP contribution in [0.1, 0.15) is 21.0 Å². The Morgan fingerprint density at radius 1 is 0.971 bits per heavy atom. The fourth-order valence-corrected chi connectivity index (χ4v) is 4.15. The highest BCUT2D eigenvalue weighted by atomic mass is 32.1. The summed E-state index contributed by atoms with van der Waals surface area (Å²) in [6.07, 6.45) is 2.18. The van der Waals surface area contributed by atoms with Crippen LogP contribution in [0.15, 0.2) is 58.5 Å². The largest absolute Gasteiger partial charge is 0.493 e. The highest BCUT2D eigenvalue weighted by Crippen LogP contribution is 2.27. The molecule has 0 unspecified atom stereocenters. The Balaban J connectivity index is 1.74. The molecule has 2 heterocycles. The Hall–Kier alpha value is -3.30. The van der Waals surface area contributed by atoms with Crippen molar-refractivity contribution in [2.24, 2.45) is 0 Å². The van der Waals surface area contributed by atoms with Crippen molar-refractivity contribution in [3.05, 3.63) is 70.3 Å². The summed E-state index contributed by atoms with van der Waals surface area (Å²) in [7, 11) is 4.75. The van der Waals surface area contributed by atoms with Crippen molar-refractivity contribution in [1.82, 2.24) is 9.80 Å². The van der Waals surface area contributed by atoms with E-state index in [1.165, 1.54) is 16.2 Å². The van der Waals surface area contributed by atoms with Gasteiger partial charge in [-0.1, -0.05) is 12.1 Å². The second-order valence-electron chi connectivity index (χ2n) is 7.53. The van der Waals surface area contributed by atoms with Gasteiger partial charge in [0, 0.05) is 20.2 Å². The molecule has 0 aliphatic heterocycles. The third kappa shape index (κ3) is 6.85. The van der Waals surface area contributed by atoms with Crippen molar-refractivity contribution in [2.75, 3.05) is 47.6 Å². The van der Waals surface area contributed by atoms with E-state index in [1.807, 2.05) is 35.7 Å². The number of rotatable bonds is 13. The van der Waals surface area contributed by atoms with E-state index in [2.05, 4.69) is 0 Å². The summed E-state index contributed by atoms with van der Waals surface area (Å²) < 4.78 is 21.3. The molecule has 3 aromatic rings. The number of thiophene rings is 1. The van der Waals surface area contributed by atoms with Gasteiger partial charge < -0.3 is 28.4 Å². The van der Waals surface area contributed by atoms with Crippen molar-refractivity contribution >= 4 is 23.2 Å². The van der Waals surface area contributed by atoms with Crippen molar-refractivity contribution in [2.45, 2.75) is 13.0 Å². The molecule has 0 saturated heterocycles. The van der Waals surface area contributed by atoms with Crippen LogP contribution in [-0.4, -0.2) is 69.2 Å². The van der Waals surface area contributed by atoms with Crippen LogP contribution in [0.3, 0.4) is 0 Å². The Labute approximate surface area is 203 Å². The number of nitrogens with zero attached hydrogens (tertiary/aromatic N) is 2. The number of furan rings is 1. The first-order valence-corrected chi connectivity index (χ1v) is 11.8. The summed E-state index contributed by atoms with van der Waals surface area (Å²) in [6, 6.07) is 12.9. The molecule has 0 aliphatic rings. The minimum absolute atomic E-state index is 0.0489. The van der Waals surface area contributed by atoms with Crippen molar-refractivity contribution < 1.29 is 28.2 Å². The first kappa shape index (κ1) is 25.3.